The van der Waals surface area contributed by atoms with E-state index in [2.05, 4.69) is 10.2 Å². The third-order valence-electron chi connectivity index (χ3n) is 3.91. The number of halogens is 2. The lowest BCUT2D eigenvalue weighted by Gasteiger charge is -2.30. The maximum Gasteiger partial charge on any atom is 0.121 e. The first-order chi connectivity index (χ1) is 11.5. The van der Waals surface area contributed by atoms with Gasteiger partial charge in [0.2, 0.25) is 0 Å². The quantitative estimate of drug-likeness (QED) is 0.665. The van der Waals surface area contributed by atoms with Gasteiger partial charge in [-0.25, -0.2) is 0 Å². The third-order valence-corrected chi connectivity index (χ3v) is 5.86. The Kier molecular flexibility index (Phi) is 6.83. The summed E-state index contributed by atoms with van der Waals surface area (Å²) in [5.41, 5.74) is 1.50. The number of H-pyrrole nitrogens is 1. The molecule has 2 aromatic rings. The van der Waals surface area contributed by atoms with Crippen molar-refractivity contribution >= 4 is 46.9 Å². The van der Waals surface area contributed by atoms with E-state index in [9.17, 15) is 9.90 Å². The third kappa shape index (κ3) is 4.18. The van der Waals surface area contributed by atoms with Crippen LogP contribution < -0.4 is 4.90 Å². The van der Waals surface area contributed by atoms with Gasteiger partial charge in [-0.2, -0.15) is 16.9 Å². The average Bonchev–Trinajstić information content (AvgIpc) is 3.09. The van der Waals surface area contributed by atoms with Gasteiger partial charge in [0.05, 0.1) is 21.9 Å². The zero-order chi connectivity index (χ0) is 17.7. The number of carbonyl (C=O) groups is 1. The summed E-state index contributed by atoms with van der Waals surface area (Å²) in [6.45, 7) is 0.603. The lowest BCUT2D eigenvalue weighted by molar-refractivity contribution is -0.108. The number of thioether (sulfide) groups is 1. The van der Waals surface area contributed by atoms with Crippen molar-refractivity contribution < 1.29 is 9.90 Å². The number of carbonyl (C=O) groups excluding carboxylic acids is 1. The number of hydrogen-bond acceptors (Lipinski definition) is 5. The Morgan fingerprint density at radius 3 is 2.79 bits per heavy atom. The highest BCUT2D eigenvalue weighted by Crippen LogP contribution is 2.46. The second kappa shape index (κ2) is 8.65. The van der Waals surface area contributed by atoms with Crippen molar-refractivity contribution in [1.82, 2.24) is 10.2 Å². The zero-order valence-corrected chi connectivity index (χ0v) is 15.7. The molecule has 0 saturated carbocycles. The topological polar surface area (TPSA) is 69.2 Å². The Labute approximate surface area is 155 Å². The molecule has 130 valence electrons. The van der Waals surface area contributed by atoms with Crippen LogP contribution in [0.5, 0.6) is 5.75 Å². The van der Waals surface area contributed by atoms with Crippen molar-refractivity contribution in [3.8, 4) is 5.75 Å². The summed E-state index contributed by atoms with van der Waals surface area (Å²) in [6.07, 6.45) is 6.67. The van der Waals surface area contributed by atoms with Crippen LogP contribution >= 0.6 is 35.0 Å². The van der Waals surface area contributed by atoms with E-state index in [1.54, 1.807) is 18.5 Å². The molecule has 2 atom stereocenters. The molecule has 2 rings (SSSR count). The number of nitrogens with one attached hydrogen (secondary N) is 1. The Morgan fingerprint density at radius 1 is 1.46 bits per heavy atom. The summed E-state index contributed by atoms with van der Waals surface area (Å²) in [4.78, 5) is 13.2. The van der Waals surface area contributed by atoms with Gasteiger partial charge in [-0.1, -0.05) is 23.2 Å². The summed E-state index contributed by atoms with van der Waals surface area (Å²) in [5.74, 6) is 0.0323. The number of phenolic OH excluding ortho intramolecular Hbond substituents is 1. The van der Waals surface area contributed by atoms with Crippen LogP contribution in [0.4, 0.5) is 5.69 Å². The smallest absolute Gasteiger partial charge is 0.121 e. The van der Waals surface area contributed by atoms with Crippen molar-refractivity contribution in [3.05, 3.63) is 40.1 Å². The van der Waals surface area contributed by atoms with Crippen LogP contribution in [0.25, 0.3) is 0 Å². The van der Waals surface area contributed by atoms with Crippen LogP contribution in [0.15, 0.2) is 24.5 Å². The fourth-order valence-electron chi connectivity index (χ4n) is 2.70. The van der Waals surface area contributed by atoms with E-state index in [-0.39, 0.29) is 16.9 Å². The number of benzene rings is 1. The van der Waals surface area contributed by atoms with Gasteiger partial charge in [-0.05, 0) is 24.3 Å². The summed E-state index contributed by atoms with van der Waals surface area (Å²) in [5, 5.41) is 17.5. The molecule has 1 aromatic carbocycles. The van der Waals surface area contributed by atoms with E-state index in [0.29, 0.717) is 28.6 Å². The number of aromatic amines is 1. The van der Waals surface area contributed by atoms with Gasteiger partial charge >= 0.3 is 0 Å². The van der Waals surface area contributed by atoms with Crippen LogP contribution in [-0.4, -0.2) is 41.4 Å². The number of aromatic nitrogens is 2. The second-order valence-electron chi connectivity index (χ2n) is 5.45. The highest BCUT2D eigenvalue weighted by atomic mass is 35.5. The van der Waals surface area contributed by atoms with Gasteiger partial charge < -0.3 is 14.8 Å². The number of aromatic hydroxyl groups is 1. The predicted molar refractivity (Wildman–Crippen MR) is 100 cm³/mol. The highest BCUT2D eigenvalue weighted by molar-refractivity contribution is 7.98. The zero-order valence-electron chi connectivity index (χ0n) is 13.4. The molecule has 1 unspecified atom stereocenters. The minimum Gasteiger partial charge on any atom is -0.508 e. The maximum atomic E-state index is 11.2. The van der Waals surface area contributed by atoms with Crippen LogP contribution in [0, 0.1) is 5.92 Å². The molecule has 0 amide bonds. The average molecular weight is 388 g/mol. The molecule has 1 aromatic heterocycles. The van der Waals surface area contributed by atoms with Crippen molar-refractivity contribution in [3.63, 3.8) is 0 Å². The monoisotopic (exact) mass is 387 g/mol. The maximum absolute atomic E-state index is 11.2. The molecule has 2 N–H and O–H groups in total. The molecule has 1 heterocycles. The van der Waals surface area contributed by atoms with Gasteiger partial charge in [0.15, 0.2) is 0 Å². The molecular weight excluding hydrogens is 369 g/mol. The Balaban J connectivity index is 2.33. The number of rotatable bonds is 8. The molecule has 0 aliphatic heterocycles. The van der Waals surface area contributed by atoms with E-state index in [4.69, 9.17) is 23.2 Å². The molecule has 24 heavy (non-hydrogen) atoms. The fourth-order valence-corrected chi connectivity index (χ4v) is 4.26. The molecule has 0 spiro atoms. The fraction of sp³-hybridized carbons (Fsp3) is 0.375. The van der Waals surface area contributed by atoms with Crippen LogP contribution in [0.2, 0.25) is 10.0 Å². The standard InChI is InChI=1S/C16H19Cl2N3O2S/c1-21(11-7-19-20-8-11)9-10(5-6-22)16(24-2)14-13(23)4-3-12(17)15(14)18/h3-4,6-8,10,16,23H,5,9H2,1-2H3,(H,19,20)/t10?,16-/m0/s1. The molecule has 0 radical (unpaired) electrons. The van der Waals surface area contributed by atoms with E-state index < -0.39 is 0 Å². The minimum absolute atomic E-state index is 0.0562. The molecule has 8 heteroatoms. The van der Waals surface area contributed by atoms with E-state index in [1.807, 2.05) is 18.2 Å². The van der Waals surface area contributed by atoms with Crippen molar-refractivity contribution in [2.45, 2.75) is 11.7 Å². The SMILES string of the molecule is CS[C@H](c1c(O)ccc(Cl)c1Cl)C(CC=O)CN(C)c1cn[nH]c1. The van der Waals surface area contributed by atoms with Gasteiger partial charge in [-0.15, -0.1) is 0 Å². The predicted octanol–water partition coefficient (Wildman–Crippen LogP) is 4.17. The lowest BCUT2D eigenvalue weighted by Crippen LogP contribution is -2.28. The van der Waals surface area contributed by atoms with Gasteiger partial charge in [0, 0.05) is 37.0 Å². The van der Waals surface area contributed by atoms with Gasteiger partial charge in [0.1, 0.15) is 12.0 Å². The van der Waals surface area contributed by atoms with Crippen LogP contribution in [0.1, 0.15) is 17.2 Å². The largest absolute Gasteiger partial charge is 0.508 e. The van der Waals surface area contributed by atoms with Crippen LogP contribution in [0.3, 0.4) is 0 Å². The number of nitrogens with zero attached hydrogens (tertiary/aromatic N) is 2. The molecule has 0 fully saturated rings. The van der Waals surface area contributed by atoms with E-state index in [0.717, 1.165) is 12.0 Å². The van der Waals surface area contributed by atoms with Crippen molar-refractivity contribution in [2.24, 2.45) is 5.92 Å². The van der Waals surface area contributed by atoms with Crippen molar-refractivity contribution in [2.75, 3.05) is 24.7 Å². The molecule has 5 nitrogen and oxygen atoms in total. The van der Waals surface area contributed by atoms with E-state index in [1.165, 1.54) is 17.8 Å². The molecule has 0 bridgehead atoms. The Morgan fingerprint density at radius 2 is 2.21 bits per heavy atom. The number of aldehydes is 1. The summed E-state index contributed by atoms with van der Waals surface area (Å²) >= 11 is 14.0. The summed E-state index contributed by atoms with van der Waals surface area (Å²) < 4.78 is 0. The normalized spacial score (nSPS) is 13.5. The molecule has 0 saturated heterocycles. The lowest BCUT2D eigenvalue weighted by atomic mass is 9.94. The first kappa shape index (κ1) is 19.0. The number of anilines is 1. The van der Waals surface area contributed by atoms with Gasteiger partial charge in [-0.3, -0.25) is 5.10 Å². The molecular formula is C16H19Cl2N3O2S. The molecule has 0 aliphatic carbocycles. The van der Waals surface area contributed by atoms with E-state index >= 15 is 0 Å². The Bertz CT molecular complexity index is 682. The number of phenols is 1. The highest BCUT2D eigenvalue weighted by Gasteiger charge is 2.29. The first-order valence-corrected chi connectivity index (χ1v) is 9.37. The van der Waals surface area contributed by atoms with Crippen LogP contribution in [-0.2, 0) is 4.79 Å². The van der Waals surface area contributed by atoms with Gasteiger partial charge in [0.25, 0.3) is 0 Å². The molecule has 0 aliphatic rings. The number of hydrogen-bond donors (Lipinski definition) is 2. The summed E-state index contributed by atoms with van der Waals surface area (Å²) in [6, 6.07) is 3.09. The second-order valence-corrected chi connectivity index (χ2v) is 7.21. The first-order valence-electron chi connectivity index (χ1n) is 7.32. The Hall–Kier alpha value is -1.37. The van der Waals surface area contributed by atoms with Crippen molar-refractivity contribution in [1.29, 1.82) is 0 Å². The summed E-state index contributed by atoms with van der Waals surface area (Å²) in [7, 11) is 1.93. The minimum atomic E-state index is -0.171.